The molecule has 1 aliphatic heterocycles. The van der Waals surface area contributed by atoms with Gasteiger partial charge in [-0.25, -0.2) is 24.2 Å². The standard InChI is InChI=1S/C35H54N4O10/c1-22(2)19-27(33(44)47-23(3)31(41)42)37(7)30(40)28(20-25-12-14-29(36-21-25)39-15-17-46-18-16-39)48-32(43)26(13-11-24-9-10-24)38(8)34(45)49-35(4,5)6/h12,14,21-24,26-28H,9-11,13,15-20H2,1-8H3,(H,41,42)/t23-,26+,27+,28-/m1/s1. The van der Waals surface area contributed by atoms with Crippen LogP contribution in [-0.4, -0.2) is 120 Å². The van der Waals surface area contributed by atoms with Crippen LogP contribution in [0.5, 0.6) is 0 Å². The average Bonchev–Trinajstić information content (AvgIpc) is 3.87. The summed E-state index contributed by atoms with van der Waals surface area (Å²) in [6.07, 6.45) is 1.32. The Morgan fingerprint density at radius 2 is 1.61 bits per heavy atom. The van der Waals surface area contributed by atoms with Gasteiger partial charge in [0.25, 0.3) is 5.91 Å². The maximum Gasteiger partial charge on any atom is 0.410 e. The van der Waals surface area contributed by atoms with Crippen LogP contribution in [0.15, 0.2) is 18.3 Å². The van der Waals surface area contributed by atoms with Crippen LogP contribution in [0.25, 0.3) is 0 Å². The van der Waals surface area contributed by atoms with Crippen LogP contribution in [0.2, 0.25) is 0 Å². The summed E-state index contributed by atoms with van der Waals surface area (Å²) in [6.45, 7) is 12.7. The lowest BCUT2D eigenvalue weighted by Crippen LogP contribution is -2.52. The molecule has 3 rings (SSSR count). The van der Waals surface area contributed by atoms with Crippen LogP contribution in [0, 0.1) is 11.8 Å². The minimum Gasteiger partial charge on any atom is -0.479 e. The first kappa shape index (κ1) is 39.5. The molecule has 0 bridgehead atoms. The number of ether oxygens (including phenoxy) is 4. The Bertz CT molecular complexity index is 1290. The molecule has 49 heavy (non-hydrogen) atoms. The van der Waals surface area contributed by atoms with Gasteiger partial charge in [0.2, 0.25) is 0 Å². The molecule has 2 aliphatic rings. The first-order valence-corrected chi connectivity index (χ1v) is 17.1. The fourth-order valence-corrected chi connectivity index (χ4v) is 5.40. The fourth-order valence-electron chi connectivity index (χ4n) is 5.40. The molecule has 0 spiro atoms. The molecule has 1 aromatic rings. The lowest BCUT2D eigenvalue weighted by molar-refractivity contribution is -0.172. The van der Waals surface area contributed by atoms with E-state index in [-0.39, 0.29) is 18.8 Å². The van der Waals surface area contributed by atoms with E-state index < -0.39 is 59.8 Å². The van der Waals surface area contributed by atoms with Gasteiger partial charge in [-0.15, -0.1) is 0 Å². The smallest absolute Gasteiger partial charge is 0.410 e. The highest BCUT2D eigenvalue weighted by Gasteiger charge is 2.39. The van der Waals surface area contributed by atoms with E-state index in [1.165, 1.54) is 25.9 Å². The first-order valence-electron chi connectivity index (χ1n) is 17.1. The van der Waals surface area contributed by atoms with Crippen molar-refractivity contribution in [1.29, 1.82) is 0 Å². The number of anilines is 1. The Morgan fingerprint density at radius 1 is 0.980 bits per heavy atom. The third-order valence-corrected chi connectivity index (χ3v) is 8.49. The van der Waals surface area contributed by atoms with Gasteiger partial charge in [0, 0.05) is 39.8 Å². The normalized spacial score (nSPS) is 17.4. The number of carboxylic acid groups (broad SMARTS) is 1. The largest absolute Gasteiger partial charge is 0.479 e. The number of rotatable bonds is 16. The molecule has 1 aliphatic carbocycles. The Labute approximate surface area is 289 Å². The number of carboxylic acids is 1. The van der Waals surface area contributed by atoms with Gasteiger partial charge in [-0.3, -0.25) is 9.69 Å². The van der Waals surface area contributed by atoms with Gasteiger partial charge in [-0.05, 0) is 70.4 Å². The lowest BCUT2D eigenvalue weighted by atomic mass is 10.0. The number of esters is 2. The Hall–Kier alpha value is -3.94. The van der Waals surface area contributed by atoms with Crippen LogP contribution in [-0.2, 0) is 44.5 Å². The summed E-state index contributed by atoms with van der Waals surface area (Å²) >= 11 is 0. The Balaban J connectivity index is 1.91. The predicted molar refractivity (Wildman–Crippen MR) is 180 cm³/mol. The maximum absolute atomic E-state index is 14.2. The molecule has 1 saturated carbocycles. The predicted octanol–water partition coefficient (Wildman–Crippen LogP) is 3.69. The quantitative estimate of drug-likeness (QED) is 0.198. The second-order valence-electron chi connectivity index (χ2n) is 14.4. The van der Waals surface area contributed by atoms with Crippen molar-refractivity contribution in [3.63, 3.8) is 0 Å². The third kappa shape index (κ3) is 12.5. The van der Waals surface area contributed by atoms with Crippen molar-refractivity contribution in [1.82, 2.24) is 14.8 Å². The summed E-state index contributed by atoms with van der Waals surface area (Å²) < 4.78 is 22.1. The molecule has 0 aromatic carbocycles. The van der Waals surface area contributed by atoms with Gasteiger partial charge >= 0.3 is 24.0 Å². The number of aromatic nitrogens is 1. The molecule has 0 radical (unpaired) electrons. The number of morpholine rings is 1. The number of hydrogen-bond donors (Lipinski definition) is 1. The molecular formula is C35H54N4O10. The summed E-state index contributed by atoms with van der Waals surface area (Å²) in [5.74, 6) is -2.53. The van der Waals surface area contributed by atoms with Crippen molar-refractivity contribution in [2.45, 2.75) is 110 Å². The van der Waals surface area contributed by atoms with Crippen molar-refractivity contribution in [3.8, 4) is 0 Å². The topological polar surface area (TPSA) is 165 Å². The molecule has 1 aromatic heterocycles. The number of carbonyl (C=O) groups excluding carboxylic acids is 4. The number of pyridine rings is 1. The number of amides is 2. The molecule has 0 unspecified atom stereocenters. The van der Waals surface area contributed by atoms with Crippen LogP contribution in [0.4, 0.5) is 10.6 Å². The van der Waals surface area contributed by atoms with E-state index in [0.717, 1.165) is 23.6 Å². The second-order valence-corrected chi connectivity index (χ2v) is 14.4. The van der Waals surface area contributed by atoms with Gasteiger partial charge < -0.3 is 33.9 Å². The number of carbonyl (C=O) groups is 5. The fraction of sp³-hybridized carbons (Fsp3) is 0.714. The molecule has 14 nitrogen and oxygen atoms in total. The summed E-state index contributed by atoms with van der Waals surface area (Å²) in [4.78, 5) is 74.9. The summed E-state index contributed by atoms with van der Waals surface area (Å²) in [6, 6.07) is 1.46. The zero-order chi connectivity index (χ0) is 36.5. The van der Waals surface area contributed by atoms with Gasteiger partial charge in [0.1, 0.15) is 23.5 Å². The zero-order valence-electron chi connectivity index (χ0n) is 30.2. The van der Waals surface area contributed by atoms with Gasteiger partial charge in [-0.1, -0.05) is 32.8 Å². The maximum atomic E-state index is 14.2. The Morgan fingerprint density at radius 3 is 2.14 bits per heavy atom. The molecule has 14 heteroatoms. The first-order chi connectivity index (χ1) is 23.0. The van der Waals surface area contributed by atoms with E-state index in [1.807, 2.05) is 19.9 Å². The van der Waals surface area contributed by atoms with E-state index in [0.29, 0.717) is 50.6 Å². The number of hydrogen-bond acceptors (Lipinski definition) is 11. The van der Waals surface area contributed by atoms with Crippen LogP contribution in [0.3, 0.4) is 0 Å². The summed E-state index contributed by atoms with van der Waals surface area (Å²) in [7, 11) is 2.88. The van der Waals surface area contributed by atoms with E-state index in [4.69, 9.17) is 18.9 Å². The highest BCUT2D eigenvalue weighted by molar-refractivity contribution is 5.90. The lowest BCUT2D eigenvalue weighted by Gasteiger charge is -2.33. The van der Waals surface area contributed by atoms with E-state index in [1.54, 1.807) is 33.0 Å². The highest BCUT2D eigenvalue weighted by atomic mass is 16.6. The zero-order valence-corrected chi connectivity index (χ0v) is 30.2. The van der Waals surface area contributed by atoms with Crippen LogP contribution >= 0.6 is 0 Å². The van der Waals surface area contributed by atoms with Crippen molar-refractivity contribution >= 4 is 35.7 Å². The number of likely N-dealkylation sites (N-methyl/N-ethyl adjacent to an activating group) is 2. The molecule has 2 amide bonds. The molecule has 4 atom stereocenters. The molecule has 274 valence electrons. The SMILES string of the molecule is CC(C)C[C@@H](C(=O)O[C@H](C)C(=O)O)N(C)C(=O)[C@@H](Cc1ccc(N2CCOCC2)nc1)OC(=O)[C@H](CCC1CC1)N(C)C(=O)OC(C)(C)C. The summed E-state index contributed by atoms with van der Waals surface area (Å²) in [5.41, 5.74) is -0.190. The minimum atomic E-state index is -1.43. The van der Waals surface area contributed by atoms with E-state index in [9.17, 15) is 29.1 Å². The van der Waals surface area contributed by atoms with E-state index in [2.05, 4.69) is 9.88 Å². The van der Waals surface area contributed by atoms with Gasteiger partial charge in [-0.2, -0.15) is 0 Å². The van der Waals surface area contributed by atoms with Gasteiger partial charge in [0.15, 0.2) is 12.2 Å². The minimum absolute atomic E-state index is 0.0637. The third-order valence-electron chi connectivity index (χ3n) is 8.49. The van der Waals surface area contributed by atoms with Crippen molar-refractivity contribution in [2.75, 3.05) is 45.3 Å². The number of nitrogens with zero attached hydrogens (tertiary/aromatic N) is 4. The van der Waals surface area contributed by atoms with Gasteiger partial charge in [0.05, 0.1) is 13.2 Å². The molecular weight excluding hydrogens is 636 g/mol. The average molecular weight is 691 g/mol. The van der Waals surface area contributed by atoms with Crippen molar-refractivity contribution in [2.24, 2.45) is 11.8 Å². The second kappa shape index (κ2) is 17.6. The van der Waals surface area contributed by atoms with Crippen LogP contribution < -0.4 is 4.90 Å². The van der Waals surface area contributed by atoms with Crippen molar-refractivity contribution in [3.05, 3.63) is 23.9 Å². The number of aliphatic carboxylic acids is 1. The molecule has 1 N–H and O–H groups in total. The van der Waals surface area contributed by atoms with Crippen molar-refractivity contribution < 1.29 is 48.0 Å². The molecule has 2 fully saturated rings. The Kier molecular flexibility index (Phi) is 14.2. The highest BCUT2D eigenvalue weighted by Crippen LogP contribution is 2.34. The van der Waals surface area contributed by atoms with E-state index >= 15 is 0 Å². The summed E-state index contributed by atoms with van der Waals surface area (Å²) in [5, 5.41) is 9.31. The molecule has 2 heterocycles. The van der Waals surface area contributed by atoms with Crippen LogP contribution in [0.1, 0.15) is 79.2 Å². The monoisotopic (exact) mass is 690 g/mol. The molecule has 1 saturated heterocycles.